The van der Waals surface area contributed by atoms with Gasteiger partial charge in [0.2, 0.25) is 0 Å². The lowest BCUT2D eigenvalue weighted by Crippen LogP contribution is -2.32. The predicted molar refractivity (Wildman–Crippen MR) is 95.8 cm³/mol. The number of hydrogen-bond donors (Lipinski definition) is 2. The van der Waals surface area contributed by atoms with Crippen LogP contribution < -0.4 is 15.4 Å². The number of methoxy groups -OCH3 is 1. The third-order valence-corrected chi connectivity index (χ3v) is 3.24. The van der Waals surface area contributed by atoms with Gasteiger partial charge < -0.3 is 20.1 Å². The summed E-state index contributed by atoms with van der Waals surface area (Å²) in [6.45, 7) is 7.35. The molecule has 0 aromatic heterocycles. The van der Waals surface area contributed by atoms with E-state index in [0.29, 0.717) is 19.6 Å². The van der Waals surface area contributed by atoms with E-state index >= 15 is 0 Å². The number of benzene rings is 1. The Morgan fingerprint density at radius 2 is 1.96 bits per heavy atom. The summed E-state index contributed by atoms with van der Waals surface area (Å²) < 4.78 is 11.5. The zero-order valence-corrected chi connectivity index (χ0v) is 15.7. The molecule has 1 aromatic rings. The summed E-state index contributed by atoms with van der Waals surface area (Å²) in [5, 5.41) is 5.97. The molecule has 2 N–H and O–H groups in total. The summed E-state index contributed by atoms with van der Waals surface area (Å²) in [4.78, 5) is 11.4. The Bertz CT molecular complexity index is 539. The lowest BCUT2D eigenvalue weighted by Gasteiger charge is -2.19. The number of halogens is 1. The Morgan fingerprint density at radius 1 is 1.26 bits per heavy atom. The summed E-state index contributed by atoms with van der Waals surface area (Å²) in [5.74, 6) is 0.858. The van der Waals surface area contributed by atoms with Gasteiger partial charge in [0.1, 0.15) is 11.4 Å². The van der Waals surface area contributed by atoms with E-state index in [1.165, 1.54) is 0 Å². The highest BCUT2D eigenvalue weighted by molar-refractivity contribution is 9.10. The number of nitrogens with one attached hydrogen (secondary N) is 2. The number of alkyl carbamates (subject to hydrolysis) is 1. The molecule has 0 aliphatic carbocycles. The molecule has 0 spiro atoms. The molecule has 0 atom stereocenters. The fraction of sp³-hybridized carbons (Fsp3) is 0.471. The number of amides is 1. The Kier molecular flexibility index (Phi) is 8.12. The molecule has 0 bridgehead atoms. The van der Waals surface area contributed by atoms with E-state index in [9.17, 15) is 4.79 Å². The minimum Gasteiger partial charge on any atom is -0.496 e. The van der Waals surface area contributed by atoms with Crippen LogP contribution in [0, 0.1) is 0 Å². The summed E-state index contributed by atoms with van der Waals surface area (Å²) >= 11 is 3.45. The van der Waals surface area contributed by atoms with E-state index in [-0.39, 0.29) is 0 Å². The van der Waals surface area contributed by atoms with Crippen molar-refractivity contribution in [2.75, 3.05) is 20.2 Å². The maximum atomic E-state index is 11.4. The van der Waals surface area contributed by atoms with Gasteiger partial charge in [0.25, 0.3) is 0 Å². The molecule has 1 rings (SSSR count). The molecule has 0 heterocycles. The summed E-state index contributed by atoms with van der Waals surface area (Å²) in [5.41, 5.74) is 0.611. The van der Waals surface area contributed by atoms with E-state index in [1.54, 1.807) is 7.11 Å². The third-order valence-electron chi connectivity index (χ3n) is 2.75. The Hall–Kier alpha value is -1.53. The molecular weight excluding hydrogens is 360 g/mol. The maximum Gasteiger partial charge on any atom is 0.407 e. The van der Waals surface area contributed by atoms with Crippen molar-refractivity contribution < 1.29 is 14.3 Å². The molecule has 6 heteroatoms. The zero-order valence-electron chi connectivity index (χ0n) is 14.1. The van der Waals surface area contributed by atoms with E-state index < -0.39 is 11.7 Å². The van der Waals surface area contributed by atoms with Crippen LogP contribution in [0.15, 0.2) is 34.8 Å². The molecule has 0 unspecified atom stereocenters. The van der Waals surface area contributed by atoms with Gasteiger partial charge in [-0.2, -0.15) is 0 Å². The predicted octanol–water partition coefficient (Wildman–Crippen LogP) is 3.63. The first-order valence-electron chi connectivity index (χ1n) is 7.47. The van der Waals surface area contributed by atoms with Crippen molar-refractivity contribution in [3.63, 3.8) is 0 Å². The van der Waals surface area contributed by atoms with Crippen LogP contribution in [0.5, 0.6) is 5.75 Å². The first-order chi connectivity index (χ1) is 10.8. The number of rotatable bonds is 7. The molecule has 0 fully saturated rings. The standard InChI is InChI=1S/C17H25BrN2O3/c1-17(2,3)23-16(21)20-10-6-5-9-19-12-13-11-14(18)7-8-15(13)22-4/h5-8,11,19H,9-10,12H2,1-4H3,(H,20,21)/b6-5+. The van der Waals surface area contributed by atoms with Crippen LogP contribution in [-0.2, 0) is 11.3 Å². The van der Waals surface area contributed by atoms with Gasteiger partial charge in [0.15, 0.2) is 0 Å². The molecular formula is C17H25BrN2O3. The van der Waals surface area contributed by atoms with Gasteiger partial charge in [0, 0.05) is 29.7 Å². The summed E-state index contributed by atoms with van der Waals surface area (Å²) in [6.07, 6.45) is 3.44. The highest BCUT2D eigenvalue weighted by atomic mass is 79.9. The first-order valence-corrected chi connectivity index (χ1v) is 8.26. The molecule has 0 saturated carbocycles. The molecule has 0 radical (unpaired) electrons. The van der Waals surface area contributed by atoms with Crippen molar-refractivity contribution in [2.24, 2.45) is 0 Å². The van der Waals surface area contributed by atoms with Crippen LogP contribution >= 0.6 is 15.9 Å². The second kappa shape index (κ2) is 9.57. The van der Waals surface area contributed by atoms with Gasteiger partial charge in [0.05, 0.1) is 7.11 Å². The fourth-order valence-electron chi connectivity index (χ4n) is 1.80. The third kappa shape index (κ3) is 8.62. The molecule has 5 nitrogen and oxygen atoms in total. The summed E-state index contributed by atoms with van der Waals surface area (Å²) in [6, 6.07) is 5.91. The zero-order chi connectivity index (χ0) is 17.3. The lowest BCUT2D eigenvalue weighted by atomic mass is 10.2. The van der Waals surface area contributed by atoms with Gasteiger partial charge in [-0.25, -0.2) is 4.79 Å². The van der Waals surface area contributed by atoms with Gasteiger partial charge in [-0.1, -0.05) is 28.1 Å². The van der Waals surface area contributed by atoms with Gasteiger partial charge in [-0.15, -0.1) is 0 Å². The molecule has 0 saturated heterocycles. The van der Waals surface area contributed by atoms with Crippen molar-refractivity contribution in [3.8, 4) is 5.75 Å². The second-order valence-corrected chi connectivity index (χ2v) is 6.86. The van der Waals surface area contributed by atoms with Gasteiger partial charge in [-0.05, 0) is 39.0 Å². The van der Waals surface area contributed by atoms with Crippen molar-refractivity contribution >= 4 is 22.0 Å². The number of carbonyl (C=O) groups is 1. The average molecular weight is 385 g/mol. The molecule has 1 amide bonds. The number of hydrogen-bond acceptors (Lipinski definition) is 4. The van der Waals surface area contributed by atoms with Crippen LogP contribution in [0.25, 0.3) is 0 Å². The van der Waals surface area contributed by atoms with E-state index in [0.717, 1.165) is 15.8 Å². The quantitative estimate of drug-likeness (QED) is 0.556. The van der Waals surface area contributed by atoms with E-state index in [2.05, 4.69) is 26.6 Å². The van der Waals surface area contributed by atoms with Gasteiger partial charge in [-0.3, -0.25) is 0 Å². The minimum atomic E-state index is -0.474. The Labute approximate surface area is 146 Å². The van der Waals surface area contributed by atoms with E-state index in [4.69, 9.17) is 9.47 Å². The normalized spacial score (nSPS) is 11.5. The minimum absolute atomic E-state index is 0.408. The fourth-order valence-corrected chi connectivity index (χ4v) is 2.21. The molecule has 0 aliphatic rings. The van der Waals surface area contributed by atoms with Crippen molar-refractivity contribution in [1.82, 2.24) is 10.6 Å². The van der Waals surface area contributed by atoms with Crippen LogP contribution in [0.1, 0.15) is 26.3 Å². The SMILES string of the molecule is COc1ccc(Br)cc1CNC/C=C/CNC(=O)OC(C)(C)C. The molecule has 0 aliphatic heterocycles. The largest absolute Gasteiger partial charge is 0.496 e. The maximum absolute atomic E-state index is 11.4. The number of ether oxygens (including phenoxy) is 2. The highest BCUT2D eigenvalue weighted by Crippen LogP contribution is 2.22. The van der Waals surface area contributed by atoms with Gasteiger partial charge >= 0.3 is 6.09 Å². The smallest absolute Gasteiger partial charge is 0.407 e. The second-order valence-electron chi connectivity index (χ2n) is 5.94. The van der Waals surface area contributed by atoms with Crippen molar-refractivity contribution in [2.45, 2.75) is 32.9 Å². The van der Waals surface area contributed by atoms with Crippen LogP contribution in [0.2, 0.25) is 0 Å². The van der Waals surface area contributed by atoms with Crippen LogP contribution in [-0.4, -0.2) is 31.9 Å². The monoisotopic (exact) mass is 384 g/mol. The Balaban J connectivity index is 2.25. The molecule has 128 valence electrons. The average Bonchev–Trinajstić information content (AvgIpc) is 2.44. The lowest BCUT2D eigenvalue weighted by molar-refractivity contribution is 0.0534. The summed E-state index contributed by atoms with van der Waals surface area (Å²) in [7, 11) is 1.66. The van der Waals surface area contributed by atoms with E-state index in [1.807, 2.05) is 51.1 Å². The topological polar surface area (TPSA) is 59.6 Å². The first kappa shape index (κ1) is 19.5. The van der Waals surface area contributed by atoms with Crippen LogP contribution in [0.3, 0.4) is 0 Å². The van der Waals surface area contributed by atoms with Crippen molar-refractivity contribution in [1.29, 1.82) is 0 Å². The Morgan fingerprint density at radius 3 is 2.61 bits per heavy atom. The highest BCUT2D eigenvalue weighted by Gasteiger charge is 2.14. The number of carbonyl (C=O) groups excluding carboxylic acids is 1. The van der Waals surface area contributed by atoms with Crippen molar-refractivity contribution in [3.05, 3.63) is 40.4 Å². The molecule has 1 aromatic carbocycles. The van der Waals surface area contributed by atoms with Crippen LogP contribution in [0.4, 0.5) is 4.79 Å². The molecule has 23 heavy (non-hydrogen) atoms.